The number of hydrogen-bond donors (Lipinski definition) is 1. The van der Waals surface area contributed by atoms with Crippen molar-refractivity contribution >= 4 is 11.6 Å². The van der Waals surface area contributed by atoms with Gasteiger partial charge in [0.05, 0.1) is 0 Å². The van der Waals surface area contributed by atoms with E-state index in [9.17, 15) is 0 Å². The molecule has 0 spiro atoms. The zero-order valence-corrected chi connectivity index (χ0v) is 13.6. The van der Waals surface area contributed by atoms with Crippen LogP contribution in [0.1, 0.15) is 56.3 Å². The van der Waals surface area contributed by atoms with Crippen molar-refractivity contribution in [1.29, 1.82) is 0 Å². The average Bonchev–Trinajstić information content (AvgIpc) is 2.52. The standard InChI is InChI=1S/C19H24ClN/c1-3-4-14-19(16-10-6-5-7-11-16)21-15(2)17-12-8-9-13-18(17)20/h5-13,15,19,21H,3-4,14H2,1-2H3/t15-,19?/m1/s1. The lowest BCUT2D eigenvalue weighted by Gasteiger charge is -2.24. The average molecular weight is 302 g/mol. The van der Waals surface area contributed by atoms with E-state index < -0.39 is 0 Å². The van der Waals surface area contributed by atoms with E-state index >= 15 is 0 Å². The van der Waals surface area contributed by atoms with E-state index in [-0.39, 0.29) is 6.04 Å². The number of hydrogen-bond acceptors (Lipinski definition) is 1. The van der Waals surface area contributed by atoms with E-state index in [0.29, 0.717) is 6.04 Å². The van der Waals surface area contributed by atoms with Gasteiger partial charge in [-0.15, -0.1) is 0 Å². The summed E-state index contributed by atoms with van der Waals surface area (Å²) < 4.78 is 0. The summed E-state index contributed by atoms with van der Waals surface area (Å²) in [6.07, 6.45) is 3.59. The smallest absolute Gasteiger partial charge is 0.0453 e. The number of nitrogens with one attached hydrogen (secondary N) is 1. The Morgan fingerprint density at radius 1 is 1.00 bits per heavy atom. The van der Waals surface area contributed by atoms with Crippen molar-refractivity contribution in [3.63, 3.8) is 0 Å². The maximum absolute atomic E-state index is 6.31. The molecule has 0 bridgehead atoms. The van der Waals surface area contributed by atoms with Gasteiger partial charge in [0.1, 0.15) is 0 Å². The van der Waals surface area contributed by atoms with Gasteiger partial charge in [-0.05, 0) is 30.5 Å². The van der Waals surface area contributed by atoms with E-state index in [1.165, 1.54) is 18.4 Å². The van der Waals surface area contributed by atoms with E-state index in [2.05, 4.69) is 55.6 Å². The summed E-state index contributed by atoms with van der Waals surface area (Å²) in [5.74, 6) is 0. The van der Waals surface area contributed by atoms with E-state index in [4.69, 9.17) is 11.6 Å². The highest BCUT2D eigenvalue weighted by atomic mass is 35.5. The molecule has 0 aliphatic rings. The van der Waals surface area contributed by atoms with E-state index in [1.54, 1.807) is 0 Å². The Balaban J connectivity index is 2.13. The van der Waals surface area contributed by atoms with Gasteiger partial charge in [-0.2, -0.15) is 0 Å². The molecule has 0 saturated heterocycles. The van der Waals surface area contributed by atoms with Crippen LogP contribution in [0.5, 0.6) is 0 Å². The summed E-state index contributed by atoms with van der Waals surface area (Å²) in [6, 6.07) is 19.4. The van der Waals surface area contributed by atoms with E-state index in [0.717, 1.165) is 17.0 Å². The predicted octanol–water partition coefficient (Wildman–Crippen LogP) is 5.92. The molecule has 1 N–H and O–H groups in total. The summed E-state index contributed by atoms with van der Waals surface area (Å²) in [7, 11) is 0. The van der Waals surface area contributed by atoms with Crippen LogP contribution in [0, 0.1) is 0 Å². The zero-order chi connectivity index (χ0) is 15.1. The molecule has 0 radical (unpaired) electrons. The minimum absolute atomic E-state index is 0.237. The maximum Gasteiger partial charge on any atom is 0.0453 e. The maximum atomic E-state index is 6.31. The fraction of sp³-hybridized carbons (Fsp3) is 0.368. The lowest BCUT2D eigenvalue weighted by Crippen LogP contribution is -2.25. The first-order chi connectivity index (χ1) is 10.2. The molecule has 1 nitrogen and oxygen atoms in total. The van der Waals surface area contributed by atoms with Crippen LogP contribution in [0.25, 0.3) is 0 Å². The Bertz CT molecular complexity index is 538. The molecule has 2 aromatic rings. The normalized spacial score (nSPS) is 13.9. The van der Waals surface area contributed by atoms with Crippen LogP contribution in [0.15, 0.2) is 54.6 Å². The lowest BCUT2D eigenvalue weighted by atomic mass is 9.99. The lowest BCUT2D eigenvalue weighted by molar-refractivity contribution is 0.431. The molecular formula is C19H24ClN. The molecule has 0 aliphatic carbocycles. The van der Waals surface area contributed by atoms with Gasteiger partial charge >= 0.3 is 0 Å². The Hall–Kier alpha value is -1.31. The Labute approximate surface area is 133 Å². The van der Waals surface area contributed by atoms with E-state index in [1.807, 2.05) is 18.2 Å². The molecule has 112 valence electrons. The minimum Gasteiger partial charge on any atom is -0.303 e. The van der Waals surface area contributed by atoms with Crippen LogP contribution in [0.3, 0.4) is 0 Å². The van der Waals surface area contributed by atoms with Crippen molar-refractivity contribution in [1.82, 2.24) is 5.32 Å². The summed E-state index contributed by atoms with van der Waals surface area (Å²) in [4.78, 5) is 0. The summed E-state index contributed by atoms with van der Waals surface area (Å²) >= 11 is 6.31. The highest BCUT2D eigenvalue weighted by Crippen LogP contribution is 2.27. The second-order valence-corrected chi connectivity index (χ2v) is 5.92. The van der Waals surface area contributed by atoms with Crippen molar-refractivity contribution in [2.45, 2.75) is 45.2 Å². The van der Waals surface area contributed by atoms with Crippen LogP contribution < -0.4 is 5.32 Å². The van der Waals surface area contributed by atoms with Crippen molar-refractivity contribution in [3.05, 3.63) is 70.7 Å². The summed E-state index contributed by atoms with van der Waals surface area (Å²) in [5, 5.41) is 4.57. The highest BCUT2D eigenvalue weighted by molar-refractivity contribution is 6.31. The third-order valence-corrected chi connectivity index (χ3v) is 4.22. The Morgan fingerprint density at radius 3 is 2.33 bits per heavy atom. The second-order valence-electron chi connectivity index (χ2n) is 5.52. The summed E-state index contributed by atoms with van der Waals surface area (Å²) in [6.45, 7) is 4.42. The number of halogens is 1. The van der Waals surface area contributed by atoms with Crippen LogP contribution in [-0.2, 0) is 0 Å². The molecule has 1 unspecified atom stereocenters. The van der Waals surface area contributed by atoms with Crippen molar-refractivity contribution in [3.8, 4) is 0 Å². The Morgan fingerprint density at radius 2 is 1.67 bits per heavy atom. The first kappa shape index (κ1) is 16.1. The highest BCUT2D eigenvalue weighted by Gasteiger charge is 2.16. The van der Waals surface area contributed by atoms with Crippen LogP contribution in [0.2, 0.25) is 5.02 Å². The SMILES string of the molecule is CCCCC(N[C@H](C)c1ccccc1Cl)c1ccccc1. The zero-order valence-electron chi connectivity index (χ0n) is 12.9. The second kappa shape index (κ2) is 8.21. The molecule has 0 aliphatic heterocycles. The predicted molar refractivity (Wildman–Crippen MR) is 91.7 cm³/mol. The van der Waals surface area contributed by atoms with Gasteiger partial charge in [-0.1, -0.05) is 79.9 Å². The van der Waals surface area contributed by atoms with Gasteiger partial charge < -0.3 is 5.32 Å². The van der Waals surface area contributed by atoms with Crippen LogP contribution in [0.4, 0.5) is 0 Å². The fourth-order valence-electron chi connectivity index (χ4n) is 2.66. The molecule has 0 fully saturated rings. The first-order valence-electron chi connectivity index (χ1n) is 7.77. The fourth-order valence-corrected chi connectivity index (χ4v) is 2.96. The number of benzene rings is 2. The van der Waals surface area contributed by atoms with Gasteiger partial charge in [0.2, 0.25) is 0 Å². The van der Waals surface area contributed by atoms with Crippen LogP contribution in [-0.4, -0.2) is 0 Å². The van der Waals surface area contributed by atoms with Crippen molar-refractivity contribution in [2.24, 2.45) is 0 Å². The topological polar surface area (TPSA) is 12.0 Å². The molecule has 2 aromatic carbocycles. The van der Waals surface area contributed by atoms with Gasteiger partial charge in [0.25, 0.3) is 0 Å². The third kappa shape index (κ3) is 4.59. The van der Waals surface area contributed by atoms with Crippen molar-refractivity contribution in [2.75, 3.05) is 0 Å². The molecule has 2 rings (SSSR count). The molecule has 0 aromatic heterocycles. The largest absolute Gasteiger partial charge is 0.303 e. The van der Waals surface area contributed by atoms with Gasteiger partial charge in [-0.25, -0.2) is 0 Å². The van der Waals surface area contributed by atoms with Crippen LogP contribution >= 0.6 is 11.6 Å². The first-order valence-corrected chi connectivity index (χ1v) is 8.15. The molecule has 0 heterocycles. The van der Waals surface area contributed by atoms with Crippen molar-refractivity contribution < 1.29 is 0 Å². The molecular weight excluding hydrogens is 278 g/mol. The number of rotatable bonds is 7. The quantitative estimate of drug-likeness (QED) is 0.669. The molecule has 0 amide bonds. The molecule has 2 heteroatoms. The molecule has 21 heavy (non-hydrogen) atoms. The summed E-state index contributed by atoms with van der Waals surface area (Å²) in [5.41, 5.74) is 2.52. The minimum atomic E-state index is 0.237. The van der Waals surface area contributed by atoms with Gasteiger partial charge in [-0.3, -0.25) is 0 Å². The number of unbranched alkanes of at least 4 members (excludes halogenated alkanes) is 1. The van der Waals surface area contributed by atoms with Gasteiger partial charge in [0, 0.05) is 17.1 Å². The third-order valence-electron chi connectivity index (χ3n) is 3.87. The molecule has 0 saturated carbocycles. The molecule has 2 atom stereocenters. The van der Waals surface area contributed by atoms with Gasteiger partial charge in [0.15, 0.2) is 0 Å². The monoisotopic (exact) mass is 301 g/mol. The Kier molecular flexibility index (Phi) is 6.28.